The highest BCUT2D eigenvalue weighted by atomic mass is 19.1. The van der Waals surface area contributed by atoms with Crippen LogP contribution in [-0.4, -0.2) is 62.8 Å². The summed E-state index contributed by atoms with van der Waals surface area (Å²) in [5.74, 6) is -0.376. The van der Waals surface area contributed by atoms with Crippen LogP contribution in [0.2, 0.25) is 0 Å². The van der Waals surface area contributed by atoms with Crippen molar-refractivity contribution in [2.75, 3.05) is 14.1 Å². The number of aliphatic hydroxyl groups is 2. The topological polar surface area (TPSA) is 108 Å². The summed E-state index contributed by atoms with van der Waals surface area (Å²) in [7, 11) is 3.38. The lowest BCUT2D eigenvalue weighted by Gasteiger charge is -2.19. The average molecular weight is 539 g/mol. The normalized spacial score (nSPS) is 12.8. The number of aromatic nitrogens is 2. The van der Waals surface area contributed by atoms with Crippen LogP contribution < -0.4 is 5.32 Å². The minimum atomic E-state index is -0.719. The van der Waals surface area contributed by atoms with Crippen molar-refractivity contribution in [3.63, 3.8) is 0 Å². The smallest absolute Gasteiger partial charge is 0.272 e. The second-order valence-corrected chi connectivity index (χ2v) is 10.3. The van der Waals surface area contributed by atoms with Crippen molar-refractivity contribution in [1.82, 2.24) is 19.8 Å². The van der Waals surface area contributed by atoms with E-state index >= 15 is 0 Å². The quantitative estimate of drug-likeness (QED) is 0.318. The maximum atomic E-state index is 13.7. The Morgan fingerprint density at radius 3 is 2.23 bits per heavy atom. The lowest BCUT2D eigenvalue weighted by Crippen LogP contribution is -2.25. The molecule has 8 nitrogen and oxygen atoms in total. The van der Waals surface area contributed by atoms with Crippen molar-refractivity contribution in [3.8, 4) is 11.4 Å². The monoisotopic (exact) mass is 538 g/mol. The van der Waals surface area contributed by atoms with Gasteiger partial charge >= 0.3 is 0 Å². The van der Waals surface area contributed by atoms with Gasteiger partial charge in [-0.3, -0.25) is 9.59 Å². The van der Waals surface area contributed by atoms with E-state index in [2.05, 4.69) is 5.32 Å². The van der Waals surface area contributed by atoms with Crippen LogP contribution in [0.15, 0.2) is 48.5 Å². The van der Waals surface area contributed by atoms with E-state index in [-0.39, 0.29) is 42.2 Å². The van der Waals surface area contributed by atoms with E-state index in [1.54, 1.807) is 50.5 Å². The highest BCUT2D eigenvalue weighted by Gasteiger charge is 2.26. The van der Waals surface area contributed by atoms with Gasteiger partial charge in [0.1, 0.15) is 17.3 Å². The molecule has 2 atom stereocenters. The Labute approximate surface area is 229 Å². The van der Waals surface area contributed by atoms with Crippen molar-refractivity contribution in [3.05, 3.63) is 76.9 Å². The minimum Gasteiger partial charge on any atom is -0.393 e. The molecule has 0 spiro atoms. The van der Waals surface area contributed by atoms with E-state index < -0.39 is 12.2 Å². The zero-order valence-electron chi connectivity index (χ0n) is 23.3. The van der Waals surface area contributed by atoms with Crippen LogP contribution >= 0.6 is 0 Å². The number of aliphatic hydroxyl groups excluding tert-OH is 2. The van der Waals surface area contributed by atoms with Crippen molar-refractivity contribution < 1.29 is 24.2 Å². The van der Waals surface area contributed by atoms with Gasteiger partial charge in [-0.25, -0.2) is 9.37 Å². The number of hydrogen-bond donors (Lipinski definition) is 3. The maximum absolute atomic E-state index is 13.7. The van der Waals surface area contributed by atoms with Gasteiger partial charge in [0, 0.05) is 38.3 Å². The lowest BCUT2D eigenvalue weighted by atomic mass is 10.1. The second kappa shape index (κ2) is 13.5. The molecule has 9 heteroatoms. The molecule has 1 aromatic heterocycles. The van der Waals surface area contributed by atoms with Gasteiger partial charge in [-0.2, -0.15) is 0 Å². The first-order valence-corrected chi connectivity index (χ1v) is 13.3. The number of carbonyl (C=O) groups excluding carboxylic acids is 2. The van der Waals surface area contributed by atoms with Crippen LogP contribution in [-0.2, 0) is 13.1 Å². The van der Waals surface area contributed by atoms with Crippen molar-refractivity contribution in [2.24, 2.45) is 0 Å². The Balaban J connectivity index is 1.88. The first-order valence-electron chi connectivity index (χ1n) is 13.3. The van der Waals surface area contributed by atoms with Gasteiger partial charge in [0.2, 0.25) is 0 Å². The SMILES string of the molecule is CCC(O)CC(O)CCn1c(-c2ccc(F)cc2)nc(C(=O)NCc2ccc(C(=O)N(C)C)cc2)c1C(C)C. The van der Waals surface area contributed by atoms with Gasteiger partial charge in [-0.15, -0.1) is 0 Å². The summed E-state index contributed by atoms with van der Waals surface area (Å²) < 4.78 is 15.6. The molecular formula is C30H39FN4O4. The predicted octanol–water partition coefficient (Wildman–Crippen LogP) is 4.36. The molecule has 0 aliphatic carbocycles. The molecule has 2 amide bonds. The fourth-order valence-corrected chi connectivity index (χ4v) is 4.43. The Morgan fingerprint density at radius 1 is 1.03 bits per heavy atom. The van der Waals surface area contributed by atoms with Crippen LogP contribution in [0.1, 0.15) is 78.1 Å². The Hall–Kier alpha value is -3.56. The summed E-state index contributed by atoms with van der Waals surface area (Å²) in [5, 5.41) is 23.4. The largest absolute Gasteiger partial charge is 0.393 e. The van der Waals surface area contributed by atoms with Gasteiger partial charge in [-0.05, 0) is 67.1 Å². The molecule has 2 unspecified atom stereocenters. The second-order valence-electron chi connectivity index (χ2n) is 10.3. The maximum Gasteiger partial charge on any atom is 0.272 e. The summed E-state index contributed by atoms with van der Waals surface area (Å²) in [5.41, 5.74) is 3.03. The zero-order chi connectivity index (χ0) is 28.7. The molecule has 3 rings (SSSR count). The van der Waals surface area contributed by atoms with Crippen molar-refractivity contribution in [1.29, 1.82) is 0 Å². The van der Waals surface area contributed by atoms with Gasteiger partial charge in [0.25, 0.3) is 11.8 Å². The predicted molar refractivity (Wildman–Crippen MR) is 149 cm³/mol. The van der Waals surface area contributed by atoms with Gasteiger partial charge in [-0.1, -0.05) is 32.9 Å². The van der Waals surface area contributed by atoms with E-state index in [1.807, 2.05) is 25.3 Å². The third-order valence-corrected chi connectivity index (χ3v) is 6.63. The minimum absolute atomic E-state index is 0.0675. The first-order chi connectivity index (χ1) is 18.5. The summed E-state index contributed by atoms with van der Waals surface area (Å²) >= 11 is 0. The molecule has 39 heavy (non-hydrogen) atoms. The number of benzene rings is 2. The number of nitrogens with zero attached hydrogens (tertiary/aromatic N) is 3. The fourth-order valence-electron chi connectivity index (χ4n) is 4.43. The number of amides is 2. The molecule has 3 aromatic rings. The molecule has 0 aliphatic rings. The van der Waals surface area contributed by atoms with Crippen LogP contribution in [0, 0.1) is 5.82 Å². The molecule has 0 fully saturated rings. The highest BCUT2D eigenvalue weighted by Crippen LogP contribution is 2.29. The Kier molecular flexibility index (Phi) is 10.4. The fraction of sp³-hybridized carbons (Fsp3) is 0.433. The van der Waals surface area contributed by atoms with Crippen LogP contribution in [0.3, 0.4) is 0 Å². The van der Waals surface area contributed by atoms with Crippen LogP contribution in [0.4, 0.5) is 4.39 Å². The molecule has 3 N–H and O–H groups in total. The molecule has 0 saturated heterocycles. The van der Waals surface area contributed by atoms with Crippen LogP contribution in [0.25, 0.3) is 11.4 Å². The Morgan fingerprint density at radius 2 is 1.67 bits per heavy atom. The van der Waals surface area contributed by atoms with Gasteiger partial charge < -0.3 is 25.0 Å². The van der Waals surface area contributed by atoms with Gasteiger partial charge in [0.15, 0.2) is 0 Å². The molecule has 2 aromatic carbocycles. The molecule has 0 radical (unpaired) electrons. The van der Waals surface area contributed by atoms with Gasteiger partial charge in [0.05, 0.1) is 17.9 Å². The molecule has 0 aliphatic heterocycles. The molecule has 1 heterocycles. The molecule has 0 bridgehead atoms. The molecular weight excluding hydrogens is 499 g/mol. The lowest BCUT2D eigenvalue weighted by molar-refractivity contribution is 0.0711. The first kappa shape index (κ1) is 30.0. The highest BCUT2D eigenvalue weighted by molar-refractivity contribution is 5.95. The number of halogens is 1. The van der Waals surface area contributed by atoms with E-state index in [0.717, 1.165) is 5.56 Å². The zero-order valence-corrected chi connectivity index (χ0v) is 23.3. The van der Waals surface area contributed by atoms with E-state index in [0.29, 0.717) is 42.0 Å². The summed E-state index contributed by atoms with van der Waals surface area (Å²) in [6.45, 7) is 6.42. The number of imidazole rings is 1. The van der Waals surface area contributed by atoms with E-state index in [1.165, 1.54) is 17.0 Å². The number of hydrogen-bond acceptors (Lipinski definition) is 5. The van der Waals surface area contributed by atoms with Crippen molar-refractivity contribution >= 4 is 11.8 Å². The number of rotatable bonds is 12. The summed E-state index contributed by atoms with van der Waals surface area (Å²) in [4.78, 5) is 31.7. The average Bonchev–Trinajstić information content (AvgIpc) is 3.30. The van der Waals surface area contributed by atoms with E-state index in [9.17, 15) is 24.2 Å². The molecule has 210 valence electrons. The van der Waals surface area contributed by atoms with E-state index in [4.69, 9.17) is 4.98 Å². The number of nitrogens with one attached hydrogen (secondary N) is 1. The van der Waals surface area contributed by atoms with Crippen molar-refractivity contribution in [2.45, 2.75) is 71.2 Å². The Bertz CT molecular complexity index is 1250. The summed E-state index contributed by atoms with van der Waals surface area (Å²) in [6.07, 6.45) is -0.122. The molecule has 0 saturated carbocycles. The summed E-state index contributed by atoms with van der Waals surface area (Å²) in [6, 6.07) is 13.0. The standard InChI is InChI=1S/C30H39FN4O4/c1-6-24(36)17-25(37)15-16-35-27(19(2)3)26(33-28(35)21-11-13-23(31)14-12-21)29(38)32-18-20-7-9-22(10-8-20)30(39)34(4)5/h7-14,19,24-25,36-37H,6,15-18H2,1-5H3,(H,32,38). The number of carbonyl (C=O) groups is 2. The third-order valence-electron chi connectivity index (χ3n) is 6.63. The third kappa shape index (κ3) is 7.74. The van der Waals surface area contributed by atoms with Crippen LogP contribution in [0.5, 0.6) is 0 Å².